The van der Waals surface area contributed by atoms with Crippen molar-refractivity contribution in [2.45, 2.75) is 37.0 Å². The molecule has 0 saturated heterocycles. The fourth-order valence-corrected chi connectivity index (χ4v) is 5.02. The molecule has 2 aromatic heterocycles. The highest BCUT2D eigenvalue weighted by molar-refractivity contribution is 7.98. The van der Waals surface area contributed by atoms with Gasteiger partial charge in [-0.25, -0.2) is 9.97 Å². The van der Waals surface area contributed by atoms with Gasteiger partial charge in [-0.15, -0.1) is 0 Å². The van der Waals surface area contributed by atoms with Crippen LogP contribution in [0, 0.1) is 22.7 Å². The molecule has 2 heterocycles. The third-order valence-corrected chi connectivity index (χ3v) is 7.06. The SMILES string of the molecule is CCc1oc(-c2ccc(Cl)cc2)nc1CSc1nc(N)c(C#N)c(-c2ccc(CCCO)cc2)c1C#N. The average Bonchev–Trinajstić information content (AvgIpc) is 3.34. The minimum atomic E-state index is 0.0704. The van der Waals surface area contributed by atoms with Gasteiger partial charge in [-0.2, -0.15) is 10.5 Å². The average molecular weight is 530 g/mol. The lowest BCUT2D eigenvalue weighted by molar-refractivity contribution is 0.288. The minimum absolute atomic E-state index is 0.0704. The molecule has 0 saturated carbocycles. The Balaban J connectivity index is 1.68. The van der Waals surface area contributed by atoms with Crippen molar-refractivity contribution < 1.29 is 9.52 Å². The number of nitrogens with two attached hydrogens (primary N) is 1. The van der Waals surface area contributed by atoms with Crippen molar-refractivity contribution in [1.82, 2.24) is 9.97 Å². The Hall–Kier alpha value is -3.82. The third kappa shape index (κ3) is 5.79. The summed E-state index contributed by atoms with van der Waals surface area (Å²) >= 11 is 7.33. The molecule has 0 aliphatic rings. The first-order valence-corrected chi connectivity index (χ1v) is 13.1. The summed E-state index contributed by atoms with van der Waals surface area (Å²) in [5, 5.41) is 30.0. The van der Waals surface area contributed by atoms with Gasteiger partial charge in [0.05, 0.1) is 11.3 Å². The molecule has 0 atom stereocenters. The van der Waals surface area contributed by atoms with Crippen LogP contribution in [0.25, 0.3) is 22.6 Å². The Morgan fingerprint density at radius 2 is 1.68 bits per heavy atom. The van der Waals surface area contributed by atoms with Gasteiger partial charge >= 0.3 is 0 Å². The first-order chi connectivity index (χ1) is 18.0. The number of aliphatic hydroxyl groups excluding tert-OH is 1. The number of hydrogen-bond donors (Lipinski definition) is 2. The number of hydrogen-bond acceptors (Lipinski definition) is 8. The first-order valence-electron chi connectivity index (χ1n) is 11.7. The van der Waals surface area contributed by atoms with Crippen LogP contribution >= 0.6 is 23.4 Å². The van der Waals surface area contributed by atoms with Crippen molar-refractivity contribution >= 4 is 29.2 Å². The second-order valence-corrected chi connectivity index (χ2v) is 9.61. The fourth-order valence-electron chi connectivity index (χ4n) is 3.94. The van der Waals surface area contributed by atoms with Crippen LogP contribution in [0.1, 0.15) is 41.5 Å². The number of benzene rings is 2. The van der Waals surface area contributed by atoms with Crippen LogP contribution in [0.3, 0.4) is 0 Å². The van der Waals surface area contributed by atoms with Gasteiger partial charge in [0.2, 0.25) is 5.89 Å². The van der Waals surface area contributed by atoms with E-state index in [-0.39, 0.29) is 18.0 Å². The van der Waals surface area contributed by atoms with E-state index in [0.717, 1.165) is 29.0 Å². The summed E-state index contributed by atoms with van der Waals surface area (Å²) in [6, 6.07) is 19.2. The molecule has 0 spiro atoms. The van der Waals surface area contributed by atoms with Gasteiger partial charge in [-0.3, -0.25) is 0 Å². The van der Waals surface area contributed by atoms with Gasteiger partial charge in [0.25, 0.3) is 0 Å². The molecule has 9 heteroatoms. The molecule has 4 aromatic rings. The summed E-state index contributed by atoms with van der Waals surface area (Å²) in [6.45, 7) is 2.11. The van der Waals surface area contributed by atoms with Crippen molar-refractivity contribution in [3.8, 4) is 34.7 Å². The molecule has 186 valence electrons. The molecule has 0 aliphatic carbocycles. The maximum Gasteiger partial charge on any atom is 0.226 e. The van der Waals surface area contributed by atoms with Crippen LogP contribution in [-0.2, 0) is 18.6 Å². The van der Waals surface area contributed by atoms with E-state index in [1.165, 1.54) is 11.8 Å². The standard InChI is InChI=1S/C28H24ClN5O2S/c1-2-24-23(33-27(36-24)19-9-11-20(29)12-10-19)16-37-28-22(15-31)25(21(14-30)26(32)34-28)18-7-5-17(6-8-18)4-3-13-35/h5-12,35H,2-4,13,16H2,1H3,(H2,32,34). The summed E-state index contributed by atoms with van der Waals surface area (Å²) < 4.78 is 5.99. The summed E-state index contributed by atoms with van der Waals surface area (Å²) in [7, 11) is 0. The highest BCUT2D eigenvalue weighted by atomic mass is 35.5. The number of nitrogens with zero attached hydrogens (tertiary/aromatic N) is 4. The largest absolute Gasteiger partial charge is 0.441 e. The first kappa shape index (κ1) is 26.2. The van der Waals surface area contributed by atoms with E-state index in [2.05, 4.69) is 22.1 Å². The Morgan fingerprint density at radius 1 is 1.00 bits per heavy atom. The maximum absolute atomic E-state index is 10.1. The lowest BCUT2D eigenvalue weighted by Crippen LogP contribution is -2.03. The van der Waals surface area contributed by atoms with Gasteiger partial charge in [-0.1, -0.05) is 54.6 Å². The maximum atomic E-state index is 10.1. The molecule has 0 bridgehead atoms. The van der Waals surface area contributed by atoms with Crippen LogP contribution in [0.4, 0.5) is 5.82 Å². The van der Waals surface area contributed by atoms with E-state index >= 15 is 0 Å². The molecule has 0 amide bonds. The molecule has 7 nitrogen and oxygen atoms in total. The molecule has 0 aliphatic heterocycles. The van der Waals surface area contributed by atoms with Crippen molar-refractivity contribution in [1.29, 1.82) is 10.5 Å². The van der Waals surface area contributed by atoms with E-state index in [1.54, 1.807) is 12.1 Å². The molecule has 2 aromatic carbocycles. The number of halogens is 1. The van der Waals surface area contributed by atoms with E-state index < -0.39 is 0 Å². The summed E-state index contributed by atoms with van der Waals surface area (Å²) in [5.74, 6) is 1.73. The zero-order valence-electron chi connectivity index (χ0n) is 20.2. The fraction of sp³-hybridized carbons (Fsp3) is 0.214. The number of aliphatic hydroxyl groups is 1. The van der Waals surface area contributed by atoms with Gasteiger partial charge in [0, 0.05) is 34.9 Å². The van der Waals surface area contributed by atoms with Gasteiger partial charge in [0.1, 0.15) is 34.3 Å². The van der Waals surface area contributed by atoms with Crippen molar-refractivity contribution in [2.24, 2.45) is 0 Å². The van der Waals surface area contributed by atoms with Crippen LogP contribution in [-0.4, -0.2) is 21.7 Å². The monoisotopic (exact) mass is 529 g/mol. The normalized spacial score (nSPS) is 10.7. The molecule has 37 heavy (non-hydrogen) atoms. The summed E-state index contributed by atoms with van der Waals surface area (Å²) in [6.07, 6.45) is 2.05. The molecular formula is C28H24ClN5O2S. The molecule has 4 rings (SSSR count). The van der Waals surface area contributed by atoms with Crippen molar-refractivity contribution in [2.75, 3.05) is 12.3 Å². The number of aromatic nitrogens is 2. The minimum Gasteiger partial charge on any atom is -0.441 e. The zero-order valence-corrected chi connectivity index (χ0v) is 21.7. The van der Waals surface area contributed by atoms with Crippen LogP contribution in [0.5, 0.6) is 0 Å². The number of anilines is 1. The predicted octanol–water partition coefficient (Wildman–Crippen LogP) is 6.16. The number of aryl methyl sites for hydroxylation is 2. The molecule has 0 unspecified atom stereocenters. The molecule has 0 fully saturated rings. The van der Waals surface area contributed by atoms with E-state index in [0.29, 0.717) is 51.2 Å². The Morgan fingerprint density at radius 3 is 2.30 bits per heavy atom. The lowest BCUT2D eigenvalue weighted by Gasteiger charge is -2.13. The number of pyridine rings is 1. The lowest BCUT2D eigenvalue weighted by atomic mass is 9.95. The van der Waals surface area contributed by atoms with Crippen LogP contribution in [0.2, 0.25) is 5.02 Å². The second kappa shape index (κ2) is 11.9. The van der Waals surface area contributed by atoms with Gasteiger partial charge < -0.3 is 15.3 Å². The second-order valence-electron chi connectivity index (χ2n) is 8.21. The number of nitriles is 2. The van der Waals surface area contributed by atoms with E-state index in [9.17, 15) is 10.5 Å². The Labute approximate surface area is 224 Å². The number of nitrogen functional groups attached to an aromatic ring is 1. The topological polar surface area (TPSA) is 133 Å². The number of oxazole rings is 1. The summed E-state index contributed by atoms with van der Waals surface area (Å²) in [4.78, 5) is 9.08. The van der Waals surface area contributed by atoms with E-state index in [1.807, 2.05) is 43.3 Å². The van der Waals surface area contributed by atoms with Crippen molar-refractivity contribution in [3.63, 3.8) is 0 Å². The highest BCUT2D eigenvalue weighted by Gasteiger charge is 2.22. The zero-order chi connectivity index (χ0) is 26.4. The Bertz CT molecular complexity index is 1490. The van der Waals surface area contributed by atoms with E-state index in [4.69, 9.17) is 26.9 Å². The smallest absolute Gasteiger partial charge is 0.226 e. The predicted molar refractivity (Wildman–Crippen MR) is 145 cm³/mol. The summed E-state index contributed by atoms with van der Waals surface area (Å²) in [5.41, 5.74) is 10.4. The highest BCUT2D eigenvalue weighted by Crippen LogP contribution is 2.37. The molecule has 3 N–H and O–H groups in total. The van der Waals surface area contributed by atoms with Crippen LogP contribution < -0.4 is 5.73 Å². The molecule has 0 radical (unpaired) electrons. The third-order valence-electron chi connectivity index (χ3n) is 5.82. The van der Waals surface area contributed by atoms with Gasteiger partial charge in [-0.05, 0) is 48.2 Å². The molecular weight excluding hydrogens is 506 g/mol. The van der Waals surface area contributed by atoms with Gasteiger partial charge in [0.15, 0.2) is 0 Å². The number of rotatable bonds is 9. The van der Waals surface area contributed by atoms with Crippen molar-refractivity contribution in [3.05, 3.63) is 81.7 Å². The Kier molecular flexibility index (Phi) is 8.47. The number of thioether (sulfide) groups is 1. The van der Waals surface area contributed by atoms with Crippen LogP contribution in [0.15, 0.2) is 58.0 Å². The quantitative estimate of drug-likeness (QED) is 0.246.